The van der Waals surface area contributed by atoms with E-state index in [4.69, 9.17) is 0 Å². The van der Waals surface area contributed by atoms with Crippen molar-refractivity contribution in [1.29, 1.82) is 0 Å². The van der Waals surface area contributed by atoms with Crippen LogP contribution >= 0.6 is 15.9 Å². The maximum atomic E-state index is 13.1. The summed E-state index contributed by atoms with van der Waals surface area (Å²) in [6.07, 6.45) is -4.06. The summed E-state index contributed by atoms with van der Waals surface area (Å²) >= 11 is 3.01. The number of aromatic amines is 1. The summed E-state index contributed by atoms with van der Waals surface area (Å²) in [5.74, 6) is -0.0748. The minimum Gasteiger partial charge on any atom is -0.307 e. The Morgan fingerprint density at radius 2 is 2.00 bits per heavy atom. The fourth-order valence-corrected chi connectivity index (χ4v) is 2.14. The van der Waals surface area contributed by atoms with Crippen LogP contribution < -0.4 is 5.56 Å². The quantitative estimate of drug-likeness (QED) is 0.899. The summed E-state index contributed by atoms with van der Waals surface area (Å²) in [6, 6.07) is 5.00. The molecule has 106 valence electrons. The molecule has 0 aliphatic rings. The predicted molar refractivity (Wildman–Crippen MR) is 72.4 cm³/mol. The Kier molecular flexibility index (Phi) is 3.99. The molecule has 0 saturated heterocycles. The van der Waals surface area contributed by atoms with Gasteiger partial charge in [0.05, 0.1) is 5.56 Å². The van der Waals surface area contributed by atoms with Crippen LogP contribution in [0, 0.1) is 0 Å². The first-order chi connectivity index (χ1) is 9.31. The van der Waals surface area contributed by atoms with Gasteiger partial charge in [0.15, 0.2) is 0 Å². The largest absolute Gasteiger partial charge is 0.417 e. The van der Waals surface area contributed by atoms with Gasteiger partial charge in [-0.2, -0.15) is 13.2 Å². The lowest BCUT2D eigenvalue weighted by Gasteiger charge is -2.13. The van der Waals surface area contributed by atoms with Crippen molar-refractivity contribution in [3.8, 4) is 11.4 Å². The fraction of sp³-hybridized carbons (Fsp3) is 0.231. The molecule has 1 N–H and O–H groups in total. The molecule has 0 saturated carbocycles. The van der Waals surface area contributed by atoms with Gasteiger partial charge in [-0.15, -0.1) is 0 Å². The number of aromatic nitrogens is 2. The molecule has 1 aromatic carbocycles. The van der Waals surface area contributed by atoms with Crippen LogP contribution in [0.15, 0.2) is 33.5 Å². The van der Waals surface area contributed by atoms with Gasteiger partial charge in [-0.1, -0.05) is 22.9 Å². The summed E-state index contributed by atoms with van der Waals surface area (Å²) in [5, 5.41) is 0. The molecule has 0 fully saturated rings. The smallest absolute Gasteiger partial charge is 0.307 e. The maximum absolute atomic E-state index is 13.1. The molecule has 7 heteroatoms. The summed E-state index contributed by atoms with van der Waals surface area (Å²) in [6.45, 7) is 1.78. The van der Waals surface area contributed by atoms with Crippen LogP contribution in [0.25, 0.3) is 11.4 Å². The fourth-order valence-electron chi connectivity index (χ4n) is 1.77. The lowest BCUT2D eigenvalue weighted by atomic mass is 10.1. The third-order valence-electron chi connectivity index (χ3n) is 2.70. The van der Waals surface area contributed by atoms with Crippen LogP contribution in [0.1, 0.15) is 18.2 Å². The lowest BCUT2D eigenvalue weighted by molar-refractivity contribution is -0.137. The molecule has 0 atom stereocenters. The van der Waals surface area contributed by atoms with Crippen LogP contribution in [0.5, 0.6) is 0 Å². The molecule has 2 rings (SSSR count). The van der Waals surface area contributed by atoms with Crippen LogP contribution in [0.2, 0.25) is 0 Å². The number of nitrogens with one attached hydrogen (secondary N) is 1. The molecule has 0 unspecified atom stereocenters. The summed E-state index contributed by atoms with van der Waals surface area (Å²) in [5.41, 5.74) is -1.01. The van der Waals surface area contributed by atoms with Gasteiger partial charge >= 0.3 is 6.18 Å². The molecule has 3 nitrogen and oxygen atoms in total. The number of benzene rings is 1. The van der Waals surface area contributed by atoms with Gasteiger partial charge in [0.1, 0.15) is 5.82 Å². The summed E-state index contributed by atoms with van der Waals surface area (Å²) in [4.78, 5) is 17.9. The number of alkyl halides is 3. The van der Waals surface area contributed by atoms with Gasteiger partial charge in [0.2, 0.25) is 0 Å². The van der Waals surface area contributed by atoms with E-state index in [0.29, 0.717) is 16.6 Å². The number of nitrogens with zero attached hydrogens (tertiary/aromatic N) is 1. The van der Waals surface area contributed by atoms with Crippen LogP contribution in [-0.4, -0.2) is 9.97 Å². The van der Waals surface area contributed by atoms with Crippen molar-refractivity contribution in [1.82, 2.24) is 9.97 Å². The highest BCUT2D eigenvalue weighted by Gasteiger charge is 2.34. The number of hydrogen-bond acceptors (Lipinski definition) is 2. The third kappa shape index (κ3) is 3.09. The normalized spacial score (nSPS) is 11.7. The van der Waals surface area contributed by atoms with Gasteiger partial charge in [0.25, 0.3) is 5.56 Å². The van der Waals surface area contributed by atoms with E-state index in [1.54, 1.807) is 6.92 Å². The SMILES string of the molecule is CCc1cc(=O)[nH]c(-c2ccc(Br)cc2C(F)(F)F)n1. The second-order valence-corrected chi connectivity index (χ2v) is 5.04. The number of aryl methyl sites for hydroxylation is 1. The first kappa shape index (κ1) is 14.8. The lowest BCUT2D eigenvalue weighted by Crippen LogP contribution is -2.13. The molecule has 20 heavy (non-hydrogen) atoms. The standard InChI is InChI=1S/C13H10BrF3N2O/c1-2-8-6-11(20)19-12(18-8)9-4-3-7(14)5-10(9)13(15,16)17/h3-6H,2H2,1H3,(H,18,19,20). The van der Waals surface area contributed by atoms with Crippen molar-refractivity contribution < 1.29 is 13.2 Å². The van der Waals surface area contributed by atoms with Crippen LogP contribution in [0.4, 0.5) is 13.2 Å². The van der Waals surface area contributed by atoms with E-state index in [1.807, 2.05) is 0 Å². The Bertz CT molecular complexity index is 695. The van der Waals surface area contributed by atoms with E-state index in [2.05, 4.69) is 25.9 Å². The summed E-state index contributed by atoms with van der Waals surface area (Å²) in [7, 11) is 0. The van der Waals surface area contributed by atoms with E-state index < -0.39 is 17.3 Å². The van der Waals surface area contributed by atoms with E-state index in [0.717, 1.165) is 6.07 Å². The molecular formula is C13H10BrF3N2O. The molecule has 0 aliphatic heterocycles. The second-order valence-electron chi connectivity index (χ2n) is 4.13. The minimum atomic E-state index is -4.53. The highest BCUT2D eigenvalue weighted by atomic mass is 79.9. The van der Waals surface area contributed by atoms with Gasteiger partial charge in [-0.25, -0.2) is 4.98 Å². The molecule has 0 aliphatic carbocycles. The Labute approximate surface area is 121 Å². The predicted octanol–water partition coefficient (Wildman–Crippen LogP) is 3.78. The second kappa shape index (κ2) is 5.40. The topological polar surface area (TPSA) is 45.8 Å². The van der Waals surface area contributed by atoms with Crippen molar-refractivity contribution in [2.75, 3.05) is 0 Å². The molecule has 0 radical (unpaired) electrons. The number of hydrogen-bond donors (Lipinski definition) is 1. The highest BCUT2D eigenvalue weighted by Crippen LogP contribution is 2.37. The highest BCUT2D eigenvalue weighted by molar-refractivity contribution is 9.10. The zero-order valence-corrected chi connectivity index (χ0v) is 12.0. The molecule has 0 spiro atoms. The van der Waals surface area contributed by atoms with Gasteiger partial charge in [-0.3, -0.25) is 4.79 Å². The van der Waals surface area contributed by atoms with Gasteiger partial charge in [0, 0.05) is 21.8 Å². The first-order valence-corrected chi connectivity index (χ1v) is 6.58. The molecule has 2 aromatic rings. The monoisotopic (exact) mass is 346 g/mol. The van der Waals surface area contributed by atoms with E-state index in [-0.39, 0.29) is 11.4 Å². The van der Waals surface area contributed by atoms with Crippen molar-refractivity contribution in [3.05, 3.63) is 50.3 Å². The number of rotatable bonds is 2. The molecule has 0 bridgehead atoms. The number of halogens is 4. The zero-order chi connectivity index (χ0) is 14.9. The maximum Gasteiger partial charge on any atom is 0.417 e. The average Bonchev–Trinajstić information content (AvgIpc) is 2.36. The van der Waals surface area contributed by atoms with E-state index in [9.17, 15) is 18.0 Å². The summed E-state index contributed by atoms with van der Waals surface area (Å²) < 4.78 is 39.5. The van der Waals surface area contributed by atoms with Crippen LogP contribution in [0.3, 0.4) is 0 Å². The molecule has 1 aromatic heterocycles. The van der Waals surface area contributed by atoms with Crippen molar-refractivity contribution in [3.63, 3.8) is 0 Å². The van der Waals surface area contributed by atoms with Crippen LogP contribution in [-0.2, 0) is 12.6 Å². The van der Waals surface area contributed by atoms with Gasteiger partial charge in [-0.05, 0) is 24.6 Å². The van der Waals surface area contributed by atoms with E-state index in [1.165, 1.54) is 18.2 Å². The zero-order valence-electron chi connectivity index (χ0n) is 10.4. The number of H-pyrrole nitrogens is 1. The molecular weight excluding hydrogens is 337 g/mol. The Morgan fingerprint density at radius 3 is 2.60 bits per heavy atom. The molecule has 1 heterocycles. The average molecular weight is 347 g/mol. The Morgan fingerprint density at radius 1 is 1.30 bits per heavy atom. The van der Waals surface area contributed by atoms with Crippen molar-refractivity contribution in [2.24, 2.45) is 0 Å². The van der Waals surface area contributed by atoms with Crippen molar-refractivity contribution >= 4 is 15.9 Å². The Hall–Kier alpha value is -1.63. The first-order valence-electron chi connectivity index (χ1n) is 5.78. The van der Waals surface area contributed by atoms with E-state index >= 15 is 0 Å². The third-order valence-corrected chi connectivity index (χ3v) is 3.19. The Balaban J connectivity index is 2.70. The molecule has 0 amide bonds. The van der Waals surface area contributed by atoms with Crippen molar-refractivity contribution in [2.45, 2.75) is 19.5 Å². The van der Waals surface area contributed by atoms with Gasteiger partial charge < -0.3 is 4.98 Å². The minimum absolute atomic E-state index is 0.0748.